The van der Waals surface area contributed by atoms with Crippen LogP contribution in [-0.2, 0) is 11.3 Å². The zero-order valence-corrected chi connectivity index (χ0v) is 21.9. The van der Waals surface area contributed by atoms with Gasteiger partial charge in [-0.3, -0.25) is 14.2 Å². The highest BCUT2D eigenvalue weighted by Gasteiger charge is 2.37. The van der Waals surface area contributed by atoms with Gasteiger partial charge in [0.05, 0.1) is 15.9 Å². The molecule has 2 aromatic carbocycles. The summed E-state index contributed by atoms with van der Waals surface area (Å²) in [7, 11) is 0. The molecule has 1 amide bonds. The first-order valence-electron chi connectivity index (χ1n) is 12.1. The number of anilines is 1. The topological polar surface area (TPSA) is 79.3 Å². The van der Waals surface area contributed by atoms with Gasteiger partial charge in [-0.05, 0) is 48.7 Å². The minimum Gasteiger partial charge on any atom is -0.370 e. The Hall–Kier alpha value is -3.18. The number of halogens is 5. The maximum absolute atomic E-state index is 13.8. The van der Waals surface area contributed by atoms with Crippen molar-refractivity contribution in [3.8, 4) is 11.4 Å². The Kier molecular flexibility index (Phi) is 7.72. The fourth-order valence-electron chi connectivity index (χ4n) is 4.43. The smallest absolute Gasteiger partial charge is 0.370 e. The standard InChI is InChI=1S/C26H28ClF4N5O2/c1-15(26(29,30)31)33-22(37)12-36-23(16-4-6-20(28)19(27)10-16)34-21-7-5-17(11-18(21)24(36)38)35-9-8-32-13-25(2,3)14-35/h4-7,10-11,15,32H,8-9,12-14H2,1-3H3,(H,33,37)/t15-/m1/s1. The van der Waals surface area contributed by atoms with Crippen LogP contribution in [0.2, 0.25) is 5.02 Å². The molecule has 7 nitrogen and oxygen atoms in total. The van der Waals surface area contributed by atoms with Crippen molar-refractivity contribution in [2.24, 2.45) is 5.41 Å². The van der Waals surface area contributed by atoms with Crippen molar-refractivity contribution in [3.05, 3.63) is 57.6 Å². The summed E-state index contributed by atoms with van der Waals surface area (Å²) in [6, 6.07) is 6.76. The van der Waals surface area contributed by atoms with Crippen LogP contribution in [-0.4, -0.2) is 53.9 Å². The lowest BCUT2D eigenvalue weighted by Gasteiger charge is -2.30. The first-order valence-corrected chi connectivity index (χ1v) is 12.4. The number of carbonyl (C=O) groups is 1. The van der Waals surface area contributed by atoms with Crippen LogP contribution in [0.4, 0.5) is 23.2 Å². The minimum atomic E-state index is -4.65. The first-order chi connectivity index (χ1) is 17.7. The highest BCUT2D eigenvalue weighted by Crippen LogP contribution is 2.28. The van der Waals surface area contributed by atoms with Crippen molar-refractivity contribution < 1.29 is 22.4 Å². The van der Waals surface area contributed by atoms with Gasteiger partial charge in [-0.2, -0.15) is 13.2 Å². The number of hydrogen-bond donors (Lipinski definition) is 2. The molecule has 4 rings (SSSR count). The van der Waals surface area contributed by atoms with Crippen molar-refractivity contribution in [2.75, 3.05) is 31.1 Å². The van der Waals surface area contributed by atoms with E-state index in [0.29, 0.717) is 12.1 Å². The Morgan fingerprint density at radius 2 is 1.97 bits per heavy atom. The average Bonchev–Trinajstić information content (AvgIpc) is 3.02. The number of carbonyl (C=O) groups excluding carboxylic acids is 1. The van der Waals surface area contributed by atoms with Gasteiger partial charge in [0, 0.05) is 37.4 Å². The molecule has 0 bridgehead atoms. The molecule has 38 heavy (non-hydrogen) atoms. The molecule has 1 fully saturated rings. The van der Waals surface area contributed by atoms with Gasteiger partial charge in [-0.15, -0.1) is 0 Å². The number of amides is 1. The van der Waals surface area contributed by atoms with Crippen LogP contribution in [0.25, 0.3) is 22.3 Å². The zero-order chi connectivity index (χ0) is 27.8. The zero-order valence-electron chi connectivity index (χ0n) is 21.1. The molecule has 204 valence electrons. The summed E-state index contributed by atoms with van der Waals surface area (Å²) in [5, 5.41) is 5.23. The normalized spacial score (nSPS) is 16.8. The molecular weight excluding hydrogens is 526 g/mol. The second kappa shape index (κ2) is 10.5. The molecule has 0 spiro atoms. The van der Waals surface area contributed by atoms with Crippen LogP contribution in [0, 0.1) is 11.2 Å². The quantitative estimate of drug-likeness (QED) is 0.459. The highest BCUT2D eigenvalue weighted by molar-refractivity contribution is 6.31. The third kappa shape index (κ3) is 6.10. The SMILES string of the molecule is C[C@@H](NC(=O)Cn1c(-c2ccc(F)c(Cl)c2)nc2ccc(N3CCNCC(C)(C)C3)cc2c1=O)C(F)(F)F. The molecule has 1 aliphatic rings. The van der Waals surface area contributed by atoms with E-state index >= 15 is 0 Å². The van der Waals surface area contributed by atoms with E-state index in [-0.39, 0.29) is 27.2 Å². The molecule has 1 aliphatic heterocycles. The summed E-state index contributed by atoms with van der Waals surface area (Å²) in [5.41, 5.74) is 0.697. The van der Waals surface area contributed by atoms with Crippen LogP contribution in [0.15, 0.2) is 41.2 Å². The van der Waals surface area contributed by atoms with Gasteiger partial charge in [-0.1, -0.05) is 25.4 Å². The third-order valence-electron chi connectivity index (χ3n) is 6.43. The molecule has 2 heterocycles. The number of nitrogens with zero attached hydrogens (tertiary/aromatic N) is 3. The predicted octanol–water partition coefficient (Wildman–Crippen LogP) is 4.36. The summed E-state index contributed by atoms with van der Waals surface area (Å²) >= 11 is 5.94. The number of aromatic nitrogens is 2. The Balaban J connectivity index is 1.82. The third-order valence-corrected chi connectivity index (χ3v) is 6.72. The van der Waals surface area contributed by atoms with Crippen molar-refractivity contribution in [2.45, 2.75) is 39.5 Å². The largest absolute Gasteiger partial charge is 0.408 e. The summed E-state index contributed by atoms with van der Waals surface area (Å²) in [6.45, 7) is 7.38. The average molecular weight is 554 g/mol. The van der Waals surface area contributed by atoms with Crippen molar-refractivity contribution in [1.29, 1.82) is 0 Å². The number of nitrogens with one attached hydrogen (secondary N) is 2. The predicted molar refractivity (Wildman–Crippen MR) is 139 cm³/mol. The molecular formula is C26H28ClF4N5O2. The van der Waals surface area contributed by atoms with Crippen LogP contribution >= 0.6 is 11.6 Å². The molecule has 3 aromatic rings. The Labute approximate surface area is 221 Å². The van der Waals surface area contributed by atoms with Crippen molar-refractivity contribution in [3.63, 3.8) is 0 Å². The van der Waals surface area contributed by atoms with E-state index in [0.717, 1.165) is 42.9 Å². The second-order valence-electron chi connectivity index (χ2n) is 10.3. The highest BCUT2D eigenvalue weighted by atomic mass is 35.5. The van der Waals surface area contributed by atoms with E-state index in [1.54, 1.807) is 12.1 Å². The lowest BCUT2D eigenvalue weighted by Crippen LogP contribution is -2.45. The van der Waals surface area contributed by atoms with Gasteiger partial charge in [0.2, 0.25) is 5.91 Å². The lowest BCUT2D eigenvalue weighted by atomic mass is 9.93. The van der Waals surface area contributed by atoms with E-state index in [9.17, 15) is 27.2 Å². The van der Waals surface area contributed by atoms with Gasteiger partial charge >= 0.3 is 6.18 Å². The van der Waals surface area contributed by atoms with Gasteiger partial charge < -0.3 is 15.5 Å². The maximum atomic E-state index is 13.8. The van der Waals surface area contributed by atoms with Gasteiger partial charge in [0.15, 0.2) is 0 Å². The van der Waals surface area contributed by atoms with E-state index in [1.807, 2.05) is 11.4 Å². The maximum Gasteiger partial charge on any atom is 0.408 e. The lowest BCUT2D eigenvalue weighted by molar-refractivity contribution is -0.158. The fourth-order valence-corrected chi connectivity index (χ4v) is 4.61. The summed E-state index contributed by atoms with van der Waals surface area (Å²) < 4.78 is 53.8. The van der Waals surface area contributed by atoms with Crippen LogP contribution in [0.3, 0.4) is 0 Å². The number of fused-ring (bicyclic) bond motifs is 1. The van der Waals surface area contributed by atoms with Crippen molar-refractivity contribution >= 4 is 34.1 Å². The molecule has 1 saturated heterocycles. The van der Waals surface area contributed by atoms with Crippen LogP contribution < -0.4 is 21.1 Å². The van der Waals surface area contributed by atoms with Crippen molar-refractivity contribution in [1.82, 2.24) is 20.2 Å². The summed E-state index contributed by atoms with van der Waals surface area (Å²) in [6.07, 6.45) is -4.65. The summed E-state index contributed by atoms with van der Waals surface area (Å²) in [4.78, 5) is 33.0. The fraction of sp³-hybridized carbons (Fsp3) is 0.423. The molecule has 0 radical (unpaired) electrons. The molecule has 12 heteroatoms. The van der Waals surface area contributed by atoms with Crippen LogP contribution in [0.1, 0.15) is 20.8 Å². The number of hydrogen-bond acceptors (Lipinski definition) is 5. The Bertz CT molecular complexity index is 1420. The number of rotatable bonds is 5. The molecule has 1 atom stereocenters. The molecule has 0 aliphatic carbocycles. The number of alkyl halides is 3. The van der Waals surface area contributed by atoms with Gasteiger partial charge in [0.25, 0.3) is 5.56 Å². The van der Waals surface area contributed by atoms with Gasteiger partial charge in [-0.25, -0.2) is 9.37 Å². The van der Waals surface area contributed by atoms with E-state index < -0.39 is 36.0 Å². The summed E-state index contributed by atoms with van der Waals surface area (Å²) in [5.74, 6) is -1.74. The monoisotopic (exact) mass is 553 g/mol. The molecule has 1 aromatic heterocycles. The minimum absolute atomic E-state index is 0.0212. The second-order valence-corrected chi connectivity index (χ2v) is 10.7. The first kappa shape index (κ1) is 27.8. The number of benzene rings is 2. The Morgan fingerprint density at radius 1 is 1.24 bits per heavy atom. The van der Waals surface area contributed by atoms with Crippen LogP contribution in [0.5, 0.6) is 0 Å². The van der Waals surface area contributed by atoms with Gasteiger partial charge in [0.1, 0.15) is 24.2 Å². The van der Waals surface area contributed by atoms with E-state index in [4.69, 9.17) is 11.6 Å². The molecule has 0 saturated carbocycles. The van der Waals surface area contributed by atoms with E-state index in [2.05, 4.69) is 29.0 Å². The Morgan fingerprint density at radius 3 is 2.66 bits per heavy atom. The molecule has 2 N–H and O–H groups in total. The molecule has 0 unspecified atom stereocenters. The van der Waals surface area contributed by atoms with E-state index in [1.165, 1.54) is 12.1 Å².